The van der Waals surface area contributed by atoms with Crippen molar-refractivity contribution in [3.05, 3.63) is 57.6 Å². The van der Waals surface area contributed by atoms with Crippen molar-refractivity contribution in [2.24, 2.45) is 0 Å². The Morgan fingerprint density at radius 2 is 1.69 bits per heavy atom. The molecular formula is C20H14F3NO8. The topological polar surface area (TPSA) is 106 Å². The molecule has 0 N–H and O–H groups in total. The van der Waals surface area contributed by atoms with Crippen molar-refractivity contribution in [1.29, 1.82) is 0 Å². The van der Waals surface area contributed by atoms with Crippen LogP contribution in [-0.2, 0) is 9.53 Å². The van der Waals surface area contributed by atoms with Gasteiger partial charge in [-0.2, -0.15) is 13.2 Å². The first-order chi connectivity index (χ1) is 15.2. The minimum Gasteiger partial charge on any atom is -0.486 e. The molecule has 0 fully saturated rings. The number of benzene rings is 2. The first kappa shape index (κ1) is 21.3. The number of fused-ring (bicyclic) bond motifs is 2. The maximum absolute atomic E-state index is 13.6. The van der Waals surface area contributed by atoms with Gasteiger partial charge in [0, 0.05) is 11.6 Å². The Morgan fingerprint density at radius 3 is 2.38 bits per heavy atom. The van der Waals surface area contributed by atoms with Gasteiger partial charge in [0.15, 0.2) is 23.0 Å². The van der Waals surface area contributed by atoms with Gasteiger partial charge in [-0.3, -0.25) is 10.1 Å². The van der Waals surface area contributed by atoms with Crippen LogP contribution in [0.3, 0.4) is 0 Å². The second kappa shape index (κ2) is 8.29. The SMILES string of the molecule is O=C(/C=C\c1cc2c(cc1[N+](=O)[O-])OCO2)O[C@H](c1ccc2c(c1)OCCO2)C(F)(F)F. The molecule has 2 aliphatic rings. The molecule has 0 radical (unpaired) electrons. The molecule has 0 spiro atoms. The van der Waals surface area contributed by atoms with Crippen LogP contribution >= 0.6 is 0 Å². The second-order valence-electron chi connectivity index (χ2n) is 6.62. The summed E-state index contributed by atoms with van der Waals surface area (Å²) in [6.45, 7) is 0.301. The van der Waals surface area contributed by atoms with Crippen LogP contribution in [0.5, 0.6) is 23.0 Å². The van der Waals surface area contributed by atoms with Crippen molar-refractivity contribution in [3.8, 4) is 23.0 Å². The zero-order valence-corrected chi connectivity index (χ0v) is 16.1. The summed E-state index contributed by atoms with van der Waals surface area (Å²) in [5, 5.41) is 11.3. The third kappa shape index (κ3) is 4.38. The van der Waals surface area contributed by atoms with Gasteiger partial charge in [0.1, 0.15) is 13.2 Å². The van der Waals surface area contributed by atoms with Crippen molar-refractivity contribution >= 4 is 17.7 Å². The molecule has 0 aliphatic carbocycles. The third-order valence-corrected chi connectivity index (χ3v) is 4.52. The molecule has 0 unspecified atom stereocenters. The highest BCUT2D eigenvalue weighted by molar-refractivity contribution is 5.88. The molecule has 0 saturated heterocycles. The quantitative estimate of drug-likeness (QED) is 0.290. The monoisotopic (exact) mass is 453 g/mol. The number of rotatable bonds is 5. The number of hydrogen-bond acceptors (Lipinski definition) is 8. The molecule has 0 aromatic heterocycles. The smallest absolute Gasteiger partial charge is 0.429 e. The van der Waals surface area contributed by atoms with Gasteiger partial charge in [0.2, 0.25) is 12.9 Å². The highest BCUT2D eigenvalue weighted by Crippen LogP contribution is 2.41. The maximum Gasteiger partial charge on any atom is 0.429 e. The summed E-state index contributed by atoms with van der Waals surface area (Å²) in [6, 6.07) is 5.84. The molecule has 0 saturated carbocycles. The molecule has 2 aromatic carbocycles. The standard InChI is InChI=1S/C20H14F3NO8/c21-20(22,23)19(12-1-3-14-15(8-12)29-6-5-28-14)32-18(25)4-2-11-7-16-17(31-10-30-16)9-13(11)24(26)27/h1-4,7-9,19H,5-6,10H2/b4-2-/t19-/m1/s1. The van der Waals surface area contributed by atoms with Crippen molar-refractivity contribution in [3.63, 3.8) is 0 Å². The van der Waals surface area contributed by atoms with Crippen molar-refractivity contribution < 1.29 is 46.6 Å². The van der Waals surface area contributed by atoms with Gasteiger partial charge in [-0.05, 0) is 24.3 Å². The molecule has 1 atom stereocenters. The number of alkyl halides is 3. The lowest BCUT2D eigenvalue weighted by Crippen LogP contribution is -2.26. The van der Waals surface area contributed by atoms with Gasteiger partial charge < -0.3 is 23.7 Å². The van der Waals surface area contributed by atoms with Gasteiger partial charge in [-0.15, -0.1) is 0 Å². The summed E-state index contributed by atoms with van der Waals surface area (Å²) >= 11 is 0. The lowest BCUT2D eigenvalue weighted by Gasteiger charge is -2.23. The second-order valence-corrected chi connectivity index (χ2v) is 6.62. The molecule has 12 heteroatoms. The summed E-state index contributed by atoms with van der Waals surface area (Å²) in [5.41, 5.74) is -0.853. The lowest BCUT2D eigenvalue weighted by atomic mass is 10.1. The van der Waals surface area contributed by atoms with E-state index in [0.717, 1.165) is 24.3 Å². The highest BCUT2D eigenvalue weighted by atomic mass is 19.4. The Morgan fingerprint density at radius 1 is 1.03 bits per heavy atom. The number of nitro benzene ring substituents is 1. The van der Waals surface area contributed by atoms with E-state index >= 15 is 0 Å². The van der Waals surface area contributed by atoms with Crippen molar-refractivity contribution in [1.82, 2.24) is 0 Å². The predicted molar refractivity (Wildman–Crippen MR) is 101 cm³/mol. The Bertz CT molecular complexity index is 1100. The predicted octanol–water partition coefficient (Wildman–Crippen LogP) is 3.95. The number of carbonyl (C=O) groups excluding carboxylic acids is 1. The van der Waals surface area contributed by atoms with Crippen molar-refractivity contribution in [2.45, 2.75) is 12.3 Å². The van der Waals surface area contributed by atoms with E-state index in [0.29, 0.717) is 6.08 Å². The number of nitrogens with zero attached hydrogens (tertiary/aromatic N) is 1. The Balaban J connectivity index is 1.56. The van der Waals surface area contributed by atoms with E-state index in [9.17, 15) is 28.1 Å². The Kier molecular flexibility index (Phi) is 5.51. The molecule has 4 rings (SSSR count). The minimum absolute atomic E-state index is 0.0703. The molecule has 2 heterocycles. The van der Waals surface area contributed by atoms with Crippen LogP contribution < -0.4 is 18.9 Å². The minimum atomic E-state index is -4.92. The fraction of sp³-hybridized carbons (Fsp3) is 0.250. The van der Waals surface area contributed by atoms with E-state index in [2.05, 4.69) is 4.74 Å². The van der Waals surface area contributed by atoms with Crippen LogP contribution in [0, 0.1) is 10.1 Å². The largest absolute Gasteiger partial charge is 0.486 e. The summed E-state index contributed by atoms with van der Waals surface area (Å²) in [7, 11) is 0. The van der Waals surface area contributed by atoms with Crippen LogP contribution in [0.2, 0.25) is 0 Å². The maximum atomic E-state index is 13.6. The fourth-order valence-electron chi connectivity index (χ4n) is 3.10. The first-order valence-corrected chi connectivity index (χ1v) is 9.15. The fourth-order valence-corrected chi connectivity index (χ4v) is 3.10. The van der Waals surface area contributed by atoms with Crippen LogP contribution in [-0.4, -0.2) is 37.1 Å². The van der Waals surface area contributed by atoms with E-state index in [1.165, 1.54) is 12.1 Å². The Labute approximate surface area is 178 Å². The third-order valence-electron chi connectivity index (χ3n) is 4.52. The molecule has 2 aliphatic heterocycles. The van der Waals surface area contributed by atoms with Gasteiger partial charge in [0.05, 0.1) is 16.6 Å². The normalized spacial score (nSPS) is 15.5. The van der Waals surface area contributed by atoms with Crippen LogP contribution in [0.4, 0.5) is 18.9 Å². The van der Waals surface area contributed by atoms with Gasteiger partial charge >= 0.3 is 12.1 Å². The van der Waals surface area contributed by atoms with Gasteiger partial charge in [-0.1, -0.05) is 6.07 Å². The molecule has 168 valence electrons. The number of hydrogen-bond donors (Lipinski definition) is 0. The lowest BCUT2D eigenvalue weighted by molar-refractivity contribution is -0.385. The average Bonchev–Trinajstić information content (AvgIpc) is 3.21. The summed E-state index contributed by atoms with van der Waals surface area (Å²) < 4.78 is 66.1. The average molecular weight is 453 g/mol. The molecule has 9 nitrogen and oxygen atoms in total. The molecule has 32 heavy (non-hydrogen) atoms. The molecule has 0 amide bonds. The van der Waals surface area contributed by atoms with E-state index < -0.39 is 28.9 Å². The first-order valence-electron chi connectivity index (χ1n) is 9.15. The Hall–Kier alpha value is -3.96. The molecular weight excluding hydrogens is 439 g/mol. The zero-order chi connectivity index (χ0) is 22.9. The number of ether oxygens (including phenoxy) is 5. The van der Waals surface area contributed by atoms with Crippen LogP contribution in [0.25, 0.3) is 6.08 Å². The van der Waals surface area contributed by atoms with Gasteiger partial charge in [0.25, 0.3) is 5.69 Å². The highest BCUT2D eigenvalue weighted by Gasteiger charge is 2.44. The number of esters is 1. The number of nitro groups is 1. The van der Waals surface area contributed by atoms with Crippen LogP contribution in [0.1, 0.15) is 17.2 Å². The summed E-state index contributed by atoms with van der Waals surface area (Å²) in [6.07, 6.45) is -5.86. The van der Waals surface area contributed by atoms with Crippen LogP contribution in [0.15, 0.2) is 36.4 Å². The summed E-state index contributed by atoms with van der Waals surface area (Å²) in [4.78, 5) is 22.7. The molecule has 2 aromatic rings. The van der Waals surface area contributed by atoms with Crippen molar-refractivity contribution in [2.75, 3.05) is 20.0 Å². The summed E-state index contributed by atoms with van der Waals surface area (Å²) in [5.74, 6) is -0.623. The van der Waals surface area contributed by atoms with E-state index in [1.807, 2.05) is 0 Å². The van der Waals surface area contributed by atoms with E-state index in [-0.39, 0.29) is 54.1 Å². The zero-order valence-electron chi connectivity index (χ0n) is 16.1. The molecule has 0 bridgehead atoms. The van der Waals surface area contributed by atoms with Gasteiger partial charge in [-0.25, -0.2) is 4.79 Å². The van der Waals surface area contributed by atoms with E-state index in [1.54, 1.807) is 0 Å². The number of carbonyl (C=O) groups is 1. The number of halogens is 3. The van der Waals surface area contributed by atoms with E-state index in [4.69, 9.17) is 18.9 Å².